The largest absolute Gasteiger partial charge is 0.480 e. The van der Waals surface area contributed by atoms with Gasteiger partial charge >= 0.3 is 12.0 Å². The molecule has 0 aliphatic heterocycles. The van der Waals surface area contributed by atoms with E-state index in [-0.39, 0.29) is 6.54 Å². The number of carboxylic acid groups (broad SMARTS) is 1. The van der Waals surface area contributed by atoms with Gasteiger partial charge in [0.15, 0.2) is 0 Å². The van der Waals surface area contributed by atoms with E-state index in [1.165, 1.54) is 0 Å². The maximum Gasteiger partial charge on any atom is 0.323 e. The molecule has 2 N–H and O–H groups in total. The maximum atomic E-state index is 12.0. The molecule has 1 aromatic rings. The minimum absolute atomic E-state index is 0.252. The van der Waals surface area contributed by atoms with Crippen molar-refractivity contribution in [2.24, 2.45) is 0 Å². The Morgan fingerprint density at radius 2 is 1.95 bits per heavy atom. The van der Waals surface area contributed by atoms with Gasteiger partial charge in [0.25, 0.3) is 0 Å². The summed E-state index contributed by atoms with van der Waals surface area (Å²) in [5.41, 5.74) is 0.504. The fourth-order valence-corrected chi connectivity index (χ4v) is 2.15. The lowest BCUT2D eigenvalue weighted by Crippen LogP contribution is -2.44. The number of carbonyl (C=O) groups excluding carboxylic acids is 1. The van der Waals surface area contributed by atoms with Crippen molar-refractivity contribution in [1.82, 2.24) is 5.32 Å². The number of urea groups is 1. The Bertz CT molecular complexity index is 479. The minimum atomic E-state index is -1.10. The summed E-state index contributed by atoms with van der Waals surface area (Å²) in [5, 5.41) is 11.5. The molecular formula is C13H18N2O4S. The molecular weight excluding hydrogens is 280 g/mol. The van der Waals surface area contributed by atoms with Crippen molar-refractivity contribution in [3.05, 3.63) is 30.3 Å². The Kier molecular flexibility index (Phi) is 6.72. The Labute approximate surface area is 120 Å². The van der Waals surface area contributed by atoms with E-state index in [1.807, 2.05) is 0 Å². The third-order valence-electron chi connectivity index (χ3n) is 2.53. The average molecular weight is 298 g/mol. The van der Waals surface area contributed by atoms with Crippen LogP contribution in [0.15, 0.2) is 30.3 Å². The monoisotopic (exact) mass is 298 g/mol. The first-order valence-electron chi connectivity index (χ1n) is 6.21. The number of amides is 2. The first kappa shape index (κ1) is 16.2. The standard InChI is InChI=1S/C13H18N2O4S/c1-2-20(19)9-8-14-13(18)15(10-12(16)17)11-6-4-3-5-7-11/h3-7H,2,8-10H2,1H3,(H,14,18)(H,16,17). The molecule has 20 heavy (non-hydrogen) atoms. The smallest absolute Gasteiger partial charge is 0.323 e. The Morgan fingerprint density at radius 1 is 1.30 bits per heavy atom. The van der Waals surface area contributed by atoms with Gasteiger partial charge in [-0.1, -0.05) is 25.1 Å². The van der Waals surface area contributed by atoms with E-state index in [0.717, 1.165) is 4.90 Å². The van der Waals surface area contributed by atoms with Crippen LogP contribution in [0.3, 0.4) is 0 Å². The summed E-state index contributed by atoms with van der Waals surface area (Å²) < 4.78 is 11.3. The van der Waals surface area contributed by atoms with Crippen molar-refractivity contribution in [2.75, 3.05) is 29.5 Å². The van der Waals surface area contributed by atoms with Crippen LogP contribution >= 0.6 is 0 Å². The van der Waals surface area contributed by atoms with Gasteiger partial charge in [0.1, 0.15) is 6.54 Å². The van der Waals surface area contributed by atoms with Crippen LogP contribution in [0.2, 0.25) is 0 Å². The maximum absolute atomic E-state index is 12.0. The molecule has 6 nitrogen and oxygen atoms in total. The first-order valence-corrected chi connectivity index (χ1v) is 7.70. The number of benzene rings is 1. The van der Waals surface area contributed by atoms with Gasteiger partial charge in [-0.05, 0) is 12.1 Å². The number of aliphatic carboxylic acids is 1. The zero-order chi connectivity index (χ0) is 15.0. The van der Waals surface area contributed by atoms with E-state index in [2.05, 4.69) is 5.32 Å². The Balaban J connectivity index is 2.66. The highest BCUT2D eigenvalue weighted by atomic mass is 32.2. The molecule has 110 valence electrons. The molecule has 0 heterocycles. The molecule has 1 atom stereocenters. The van der Waals surface area contributed by atoms with E-state index < -0.39 is 29.3 Å². The second-order valence-electron chi connectivity index (χ2n) is 3.98. The predicted molar refractivity (Wildman–Crippen MR) is 78.4 cm³/mol. The summed E-state index contributed by atoms with van der Waals surface area (Å²) >= 11 is 0. The summed E-state index contributed by atoms with van der Waals surface area (Å²) in [6.07, 6.45) is 0. The van der Waals surface area contributed by atoms with Gasteiger partial charge in [-0.2, -0.15) is 0 Å². The highest BCUT2D eigenvalue weighted by Gasteiger charge is 2.18. The molecule has 0 saturated carbocycles. The van der Waals surface area contributed by atoms with Crippen LogP contribution < -0.4 is 10.2 Å². The SMILES string of the molecule is CCS(=O)CCNC(=O)N(CC(=O)O)c1ccccc1. The first-order chi connectivity index (χ1) is 9.54. The van der Waals surface area contributed by atoms with E-state index >= 15 is 0 Å². The number of nitrogens with zero attached hydrogens (tertiary/aromatic N) is 1. The average Bonchev–Trinajstić information content (AvgIpc) is 2.45. The van der Waals surface area contributed by atoms with Crippen LogP contribution in [0, 0.1) is 0 Å². The second kappa shape index (κ2) is 8.31. The van der Waals surface area contributed by atoms with Crippen LogP contribution in [0.5, 0.6) is 0 Å². The molecule has 0 aromatic heterocycles. The molecule has 1 aromatic carbocycles. The van der Waals surface area contributed by atoms with Gasteiger partial charge in [-0.25, -0.2) is 4.79 Å². The van der Waals surface area contributed by atoms with Crippen molar-refractivity contribution < 1.29 is 18.9 Å². The fraction of sp³-hybridized carbons (Fsp3) is 0.385. The minimum Gasteiger partial charge on any atom is -0.480 e. The molecule has 0 spiro atoms. The number of hydrogen-bond donors (Lipinski definition) is 2. The third kappa shape index (κ3) is 5.40. The van der Waals surface area contributed by atoms with Gasteiger partial charge in [-0.3, -0.25) is 13.9 Å². The third-order valence-corrected chi connectivity index (χ3v) is 3.84. The normalized spacial score (nSPS) is 11.7. The number of carbonyl (C=O) groups is 2. The number of anilines is 1. The van der Waals surface area contributed by atoms with Crippen molar-refractivity contribution >= 4 is 28.5 Å². The molecule has 2 amide bonds. The van der Waals surface area contributed by atoms with Crippen LogP contribution in [-0.4, -0.2) is 45.9 Å². The summed E-state index contributed by atoms with van der Waals surface area (Å²) in [7, 11) is -0.961. The number of carboxylic acids is 1. The number of hydrogen-bond acceptors (Lipinski definition) is 3. The van der Waals surface area contributed by atoms with Crippen molar-refractivity contribution in [2.45, 2.75) is 6.92 Å². The van der Waals surface area contributed by atoms with Crippen LogP contribution in [-0.2, 0) is 15.6 Å². The molecule has 0 fully saturated rings. The lowest BCUT2D eigenvalue weighted by Gasteiger charge is -2.21. The molecule has 1 rings (SSSR count). The lowest BCUT2D eigenvalue weighted by atomic mass is 10.3. The van der Waals surface area contributed by atoms with Gasteiger partial charge < -0.3 is 10.4 Å². The second-order valence-corrected chi connectivity index (χ2v) is 5.85. The Hall–Kier alpha value is -1.89. The molecule has 0 aliphatic rings. The predicted octanol–water partition coefficient (Wildman–Crippen LogP) is 1.06. The van der Waals surface area contributed by atoms with Crippen molar-refractivity contribution in [3.8, 4) is 0 Å². The summed E-state index contributed by atoms with van der Waals surface area (Å²) in [6.45, 7) is 1.63. The van der Waals surface area contributed by atoms with E-state index in [1.54, 1.807) is 37.3 Å². The quantitative estimate of drug-likeness (QED) is 0.788. The van der Waals surface area contributed by atoms with E-state index in [0.29, 0.717) is 17.2 Å². The molecule has 0 bridgehead atoms. The summed E-state index contributed by atoms with van der Waals surface area (Å²) in [5.74, 6) is -0.202. The summed E-state index contributed by atoms with van der Waals surface area (Å²) in [6, 6.07) is 8.05. The zero-order valence-electron chi connectivity index (χ0n) is 11.2. The van der Waals surface area contributed by atoms with Gasteiger partial charge in [0.05, 0.1) is 0 Å². The summed E-state index contributed by atoms with van der Waals surface area (Å²) in [4.78, 5) is 24.0. The van der Waals surface area contributed by atoms with E-state index in [4.69, 9.17) is 5.11 Å². The topological polar surface area (TPSA) is 86.7 Å². The highest BCUT2D eigenvalue weighted by molar-refractivity contribution is 7.84. The number of rotatable bonds is 7. The molecule has 0 saturated heterocycles. The van der Waals surface area contributed by atoms with Gasteiger partial charge in [-0.15, -0.1) is 0 Å². The fourth-order valence-electron chi connectivity index (χ4n) is 1.54. The molecule has 0 aliphatic carbocycles. The lowest BCUT2D eigenvalue weighted by molar-refractivity contribution is -0.135. The highest BCUT2D eigenvalue weighted by Crippen LogP contribution is 2.12. The zero-order valence-corrected chi connectivity index (χ0v) is 12.1. The van der Waals surface area contributed by atoms with Crippen molar-refractivity contribution in [1.29, 1.82) is 0 Å². The van der Waals surface area contributed by atoms with Gasteiger partial charge in [0, 0.05) is 34.5 Å². The van der Waals surface area contributed by atoms with Gasteiger partial charge in [0.2, 0.25) is 0 Å². The molecule has 1 unspecified atom stereocenters. The molecule has 0 radical (unpaired) electrons. The Morgan fingerprint density at radius 3 is 2.50 bits per heavy atom. The van der Waals surface area contributed by atoms with E-state index in [9.17, 15) is 13.8 Å². The number of nitrogens with one attached hydrogen (secondary N) is 1. The van der Waals surface area contributed by atoms with Crippen LogP contribution in [0.1, 0.15) is 6.92 Å². The van der Waals surface area contributed by atoms with Crippen LogP contribution in [0.25, 0.3) is 0 Å². The van der Waals surface area contributed by atoms with Crippen LogP contribution in [0.4, 0.5) is 10.5 Å². The number of para-hydroxylation sites is 1. The van der Waals surface area contributed by atoms with Crippen molar-refractivity contribution in [3.63, 3.8) is 0 Å². The molecule has 7 heteroatoms.